The van der Waals surface area contributed by atoms with Crippen LogP contribution in [0.3, 0.4) is 0 Å². The molecule has 11 heteroatoms. The maximum absolute atomic E-state index is 8.36. The summed E-state index contributed by atoms with van der Waals surface area (Å²) in [6.45, 7) is 1.91. The summed E-state index contributed by atoms with van der Waals surface area (Å²) < 4.78 is 6.32. The molecular formula is C26H25Cl4N3O4. The van der Waals surface area contributed by atoms with Crippen molar-refractivity contribution < 1.29 is 15.0 Å². The maximum atomic E-state index is 8.36. The van der Waals surface area contributed by atoms with E-state index in [9.17, 15) is 0 Å². The van der Waals surface area contributed by atoms with Crippen molar-refractivity contribution in [3.05, 3.63) is 127 Å². The van der Waals surface area contributed by atoms with Gasteiger partial charge in [-0.05, 0) is 47.4 Å². The fourth-order valence-corrected chi connectivity index (χ4v) is 4.62. The predicted molar refractivity (Wildman–Crippen MR) is 147 cm³/mol. The normalized spacial score (nSPS) is 14.2. The second-order valence-electron chi connectivity index (χ2n) is 8.13. The second kappa shape index (κ2) is 14.3. The van der Waals surface area contributed by atoms with E-state index in [2.05, 4.69) is 40.3 Å². The van der Waals surface area contributed by atoms with Crippen LogP contribution in [0.5, 0.6) is 0 Å². The third kappa shape index (κ3) is 9.29. The quantitative estimate of drug-likeness (QED) is 0.122. The van der Waals surface area contributed by atoms with Crippen molar-refractivity contribution in [3.8, 4) is 0 Å². The molecule has 0 aliphatic carbocycles. The van der Waals surface area contributed by atoms with E-state index in [1.54, 1.807) is 12.1 Å². The Morgan fingerprint density at radius 3 is 2.27 bits per heavy atom. The lowest BCUT2D eigenvalue weighted by molar-refractivity contribution is -0.742. The van der Waals surface area contributed by atoms with Crippen molar-refractivity contribution in [2.75, 3.05) is 13.2 Å². The Kier molecular flexibility index (Phi) is 11.2. The summed E-state index contributed by atoms with van der Waals surface area (Å²) in [6.07, 6.45) is 4.67. The van der Waals surface area contributed by atoms with Crippen LogP contribution < -0.4 is 0 Å². The average molecular weight is 585 g/mol. The Balaban J connectivity index is 0.000000886. The molecular weight excluding hydrogens is 560 g/mol. The molecule has 0 saturated heterocycles. The van der Waals surface area contributed by atoms with E-state index in [0.29, 0.717) is 28.3 Å². The molecule has 0 radical (unpaired) electrons. The molecule has 2 atom stereocenters. The Labute approximate surface area is 235 Å². The zero-order valence-corrected chi connectivity index (χ0v) is 22.6. The molecule has 3 aromatic rings. The lowest BCUT2D eigenvalue weighted by Gasteiger charge is -2.31. The van der Waals surface area contributed by atoms with Gasteiger partial charge in [0.1, 0.15) is 11.6 Å². The van der Waals surface area contributed by atoms with Crippen LogP contribution in [-0.2, 0) is 17.8 Å². The van der Waals surface area contributed by atoms with Gasteiger partial charge in [-0.1, -0.05) is 94.9 Å². The highest BCUT2D eigenvalue weighted by molar-refractivity contribution is 6.35. The van der Waals surface area contributed by atoms with Gasteiger partial charge in [0, 0.05) is 34.0 Å². The highest BCUT2D eigenvalue weighted by Gasteiger charge is 2.29. The van der Waals surface area contributed by atoms with Crippen LogP contribution in [0.2, 0.25) is 15.1 Å². The number of nitrogens with zero attached hydrogens (tertiary/aromatic N) is 3. The number of rotatable bonds is 9. The van der Waals surface area contributed by atoms with Gasteiger partial charge in [0.25, 0.3) is 5.09 Å². The zero-order valence-electron chi connectivity index (χ0n) is 19.6. The SMILES string of the molecule is Clc1ccc(C(OCc2ccc(Cl)cc2Cl)C(Cl)N2C=CN(CCc3ccccc3)C2)cc1.O=[N+]([O-])O. The molecule has 1 heterocycles. The number of ether oxygens (including phenoxy) is 1. The second-order valence-corrected chi connectivity index (χ2v) is 9.86. The van der Waals surface area contributed by atoms with Gasteiger partial charge in [-0.15, -0.1) is 10.1 Å². The van der Waals surface area contributed by atoms with E-state index in [1.165, 1.54) is 5.56 Å². The Hall–Kier alpha value is -2.68. The molecule has 0 bridgehead atoms. The van der Waals surface area contributed by atoms with Crippen molar-refractivity contribution in [2.45, 2.75) is 24.6 Å². The number of alkyl halides is 1. The molecule has 1 aliphatic rings. The van der Waals surface area contributed by atoms with Gasteiger partial charge in [0.15, 0.2) is 0 Å². The molecule has 3 aromatic carbocycles. The van der Waals surface area contributed by atoms with Crippen molar-refractivity contribution in [1.82, 2.24) is 9.80 Å². The van der Waals surface area contributed by atoms with Crippen molar-refractivity contribution >= 4 is 46.4 Å². The van der Waals surface area contributed by atoms with Gasteiger partial charge in [0.2, 0.25) is 0 Å². The summed E-state index contributed by atoms with van der Waals surface area (Å²) in [5.74, 6) is 0. The first-order valence-electron chi connectivity index (χ1n) is 11.2. The molecule has 0 aromatic heterocycles. The number of hydrogen-bond donors (Lipinski definition) is 1. The highest BCUT2D eigenvalue weighted by Crippen LogP contribution is 2.32. The topological polar surface area (TPSA) is 79.1 Å². The van der Waals surface area contributed by atoms with E-state index < -0.39 is 16.7 Å². The monoisotopic (exact) mass is 583 g/mol. The van der Waals surface area contributed by atoms with Crippen LogP contribution in [0.4, 0.5) is 0 Å². The van der Waals surface area contributed by atoms with Crippen LogP contribution in [0.1, 0.15) is 22.8 Å². The molecule has 1 N–H and O–H groups in total. The van der Waals surface area contributed by atoms with Crippen LogP contribution >= 0.6 is 46.4 Å². The molecule has 4 rings (SSSR count). The first-order valence-corrected chi connectivity index (χ1v) is 12.8. The predicted octanol–water partition coefficient (Wildman–Crippen LogP) is 7.41. The average Bonchev–Trinajstić information content (AvgIpc) is 3.34. The van der Waals surface area contributed by atoms with Gasteiger partial charge >= 0.3 is 0 Å². The lowest BCUT2D eigenvalue weighted by atomic mass is 10.1. The number of hydrogen-bond acceptors (Lipinski definition) is 5. The summed E-state index contributed by atoms with van der Waals surface area (Å²) in [7, 11) is 0. The smallest absolute Gasteiger partial charge is 0.291 e. The van der Waals surface area contributed by atoms with E-state index in [-0.39, 0.29) is 0 Å². The Bertz CT molecular complexity index is 1180. The minimum Gasteiger partial charge on any atom is -0.365 e. The van der Waals surface area contributed by atoms with Crippen LogP contribution in [0, 0.1) is 10.1 Å². The summed E-state index contributed by atoms with van der Waals surface area (Å²) in [6, 6.07) is 23.4. The molecule has 1 aliphatic heterocycles. The molecule has 37 heavy (non-hydrogen) atoms. The van der Waals surface area contributed by atoms with Crippen molar-refractivity contribution in [2.24, 2.45) is 0 Å². The molecule has 0 saturated carbocycles. The van der Waals surface area contributed by atoms with Gasteiger partial charge in [-0.3, -0.25) is 0 Å². The number of benzene rings is 3. The van der Waals surface area contributed by atoms with Crippen molar-refractivity contribution in [1.29, 1.82) is 0 Å². The third-order valence-corrected chi connectivity index (χ3v) is 6.86. The highest BCUT2D eigenvalue weighted by atomic mass is 35.5. The lowest BCUT2D eigenvalue weighted by Crippen LogP contribution is -2.36. The van der Waals surface area contributed by atoms with E-state index in [0.717, 1.165) is 24.1 Å². The van der Waals surface area contributed by atoms with Crippen LogP contribution in [0.25, 0.3) is 0 Å². The minimum absolute atomic E-state index is 0.307. The van der Waals surface area contributed by atoms with Gasteiger partial charge in [-0.2, -0.15) is 0 Å². The van der Waals surface area contributed by atoms with Crippen molar-refractivity contribution in [3.63, 3.8) is 0 Å². The van der Waals surface area contributed by atoms with Gasteiger partial charge in [-0.25, -0.2) is 0 Å². The third-order valence-electron chi connectivity index (χ3n) is 5.54. The first-order chi connectivity index (χ1) is 17.7. The fourth-order valence-electron chi connectivity index (χ4n) is 3.69. The minimum atomic E-state index is -1.50. The summed E-state index contributed by atoms with van der Waals surface area (Å²) >= 11 is 25.5. The van der Waals surface area contributed by atoms with Crippen LogP contribution in [0.15, 0.2) is 85.2 Å². The summed E-state index contributed by atoms with van der Waals surface area (Å²) in [5.41, 5.74) is 2.69. The molecule has 0 amide bonds. The van der Waals surface area contributed by atoms with E-state index >= 15 is 0 Å². The molecule has 196 valence electrons. The molecule has 2 unspecified atom stereocenters. The Morgan fingerprint density at radius 2 is 1.62 bits per heavy atom. The summed E-state index contributed by atoms with van der Waals surface area (Å²) in [5, 5.41) is 15.5. The first kappa shape index (κ1) is 28.9. The molecule has 7 nitrogen and oxygen atoms in total. The van der Waals surface area contributed by atoms with Gasteiger partial charge < -0.3 is 19.7 Å². The zero-order chi connectivity index (χ0) is 26.8. The number of halogens is 4. The van der Waals surface area contributed by atoms with E-state index in [4.69, 9.17) is 66.5 Å². The summed E-state index contributed by atoms with van der Waals surface area (Å²) in [4.78, 5) is 12.7. The standard InChI is InChI=1S/C26H24Cl4N2O.HNO3/c27-22-9-6-20(7-10-22)25(33-17-21-8-11-23(28)16-24(21)29)26(30)32-15-14-31(18-32)13-12-19-4-2-1-3-5-19;2-1(3)4/h1-11,14-16,25-26H,12-13,17-18H2;(H,2,3,4). The molecule has 0 spiro atoms. The van der Waals surface area contributed by atoms with E-state index in [1.807, 2.05) is 42.6 Å². The van der Waals surface area contributed by atoms with Gasteiger partial charge in [0.05, 0.1) is 13.3 Å². The molecule has 0 fully saturated rings. The maximum Gasteiger partial charge on any atom is 0.291 e. The fraction of sp³-hybridized carbons (Fsp3) is 0.231. The van der Waals surface area contributed by atoms with Crippen LogP contribution in [-0.4, -0.2) is 38.8 Å². The Morgan fingerprint density at radius 1 is 0.973 bits per heavy atom. The largest absolute Gasteiger partial charge is 0.365 e.